The van der Waals surface area contributed by atoms with Gasteiger partial charge in [-0.15, -0.1) is 10.2 Å². The Balaban J connectivity index is 2.15. The van der Waals surface area contributed by atoms with E-state index in [1.807, 2.05) is 19.2 Å². The van der Waals surface area contributed by atoms with Crippen molar-refractivity contribution in [1.29, 1.82) is 5.26 Å². The standard InChI is InChI=1S/C16H18N4/c1-3-4-13-5-7-14(8-6-13)15-9-10-16(19-18-15)20(2)12-11-17/h5-10H,3-4,12H2,1-2H3. The number of hydrogen-bond acceptors (Lipinski definition) is 4. The molecular weight excluding hydrogens is 248 g/mol. The third kappa shape index (κ3) is 3.33. The van der Waals surface area contributed by atoms with Crippen molar-refractivity contribution in [2.24, 2.45) is 0 Å². The molecule has 1 aromatic carbocycles. The van der Waals surface area contributed by atoms with E-state index in [2.05, 4.69) is 47.5 Å². The predicted octanol–water partition coefficient (Wildman–Crippen LogP) is 3.06. The molecule has 4 heteroatoms. The molecule has 2 rings (SSSR count). The molecule has 1 heterocycles. The van der Waals surface area contributed by atoms with E-state index >= 15 is 0 Å². The highest BCUT2D eigenvalue weighted by Crippen LogP contribution is 2.19. The lowest BCUT2D eigenvalue weighted by Crippen LogP contribution is -2.18. The van der Waals surface area contributed by atoms with E-state index in [4.69, 9.17) is 5.26 Å². The third-order valence-electron chi connectivity index (χ3n) is 3.14. The zero-order valence-electron chi connectivity index (χ0n) is 11.9. The first-order valence-corrected chi connectivity index (χ1v) is 6.75. The molecule has 0 radical (unpaired) electrons. The summed E-state index contributed by atoms with van der Waals surface area (Å²) in [5.74, 6) is 0.706. The van der Waals surface area contributed by atoms with Gasteiger partial charge in [0.1, 0.15) is 6.54 Å². The summed E-state index contributed by atoms with van der Waals surface area (Å²) in [6.45, 7) is 2.48. The molecule has 0 aliphatic rings. The van der Waals surface area contributed by atoms with Gasteiger partial charge in [0, 0.05) is 12.6 Å². The van der Waals surface area contributed by atoms with Crippen LogP contribution >= 0.6 is 0 Å². The van der Waals surface area contributed by atoms with Crippen molar-refractivity contribution < 1.29 is 0 Å². The van der Waals surface area contributed by atoms with Gasteiger partial charge in [-0.1, -0.05) is 37.6 Å². The summed E-state index contributed by atoms with van der Waals surface area (Å²) >= 11 is 0. The van der Waals surface area contributed by atoms with Crippen molar-refractivity contribution in [2.75, 3.05) is 18.5 Å². The summed E-state index contributed by atoms with van der Waals surface area (Å²) < 4.78 is 0. The Bertz CT molecular complexity index is 581. The van der Waals surface area contributed by atoms with Crippen molar-refractivity contribution in [3.05, 3.63) is 42.0 Å². The molecule has 102 valence electrons. The van der Waals surface area contributed by atoms with Crippen LogP contribution in [-0.2, 0) is 6.42 Å². The maximum Gasteiger partial charge on any atom is 0.151 e. The first kappa shape index (κ1) is 14.0. The van der Waals surface area contributed by atoms with Gasteiger partial charge in [-0.3, -0.25) is 0 Å². The van der Waals surface area contributed by atoms with Crippen LogP contribution in [0.15, 0.2) is 36.4 Å². The van der Waals surface area contributed by atoms with Crippen LogP contribution in [0.3, 0.4) is 0 Å². The summed E-state index contributed by atoms with van der Waals surface area (Å²) in [5, 5.41) is 17.0. The van der Waals surface area contributed by atoms with E-state index in [-0.39, 0.29) is 0 Å². The summed E-state index contributed by atoms with van der Waals surface area (Å²) in [6, 6.07) is 14.3. The average Bonchev–Trinajstić information content (AvgIpc) is 2.49. The highest BCUT2D eigenvalue weighted by atomic mass is 15.2. The zero-order valence-corrected chi connectivity index (χ0v) is 11.9. The van der Waals surface area contributed by atoms with E-state index in [1.54, 1.807) is 4.90 Å². The summed E-state index contributed by atoms with van der Waals surface area (Å²) in [6.07, 6.45) is 2.25. The van der Waals surface area contributed by atoms with E-state index in [9.17, 15) is 0 Å². The van der Waals surface area contributed by atoms with Gasteiger partial charge >= 0.3 is 0 Å². The molecular formula is C16H18N4. The van der Waals surface area contributed by atoms with Gasteiger partial charge in [0.15, 0.2) is 5.82 Å². The van der Waals surface area contributed by atoms with Crippen molar-refractivity contribution >= 4 is 5.82 Å². The Hall–Kier alpha value is -2.41. The molecule has 0 N–H and O–H groups in total. The summed E-state index contributed by atoms with van der Waals surface area (Å²) in [7, 11) is 1.83. The van der Waals surface area contributed by atoms with Crippen LogP contribution < -0.4 is 4.90 Å². The molecule has 0 spiro atoms. The van der Waals surface area contributed by atoms with Gasteiger partial charge in [0.05, 0.1) is 11.8 Å². The average molecular weight is 266 g/mol. The quantitative estimate of drug-likeness (QED) is 0.780. The predicted molar refractivity (Wildman–Crippen MR) is 80.3 cm³/mol. The van der Waals surface area contributed by atoms with Gasteiger partial charge in [-0.05, 0) is 24.1 Å². The molecule has 0 aliphatic heterocycles. The smallest absolute Gasteiger partial charge is 0.151 e. The van der Waals surface area contributed by atoms with Crippen LogP contribution in [0.1, 0.15) is 18.9 Å². The molecule has 0 amide bonds. The lowest BCUT2D eigenvalue weighted by Gasteiger charge is -2.13. The largest absolute Gasteiger partial charge is 0.345 e. The minimum Gasteiger partial charge on any atom is -0.345 e. The summed E-state index contributed by atoms with van der Waals surface area (Å²) in [4.78, 5) is 1.77. The minimum absolute atomic E-state index is 0.305. The van der Waals surface area contributed by atoms with E-state index < -0.39 is 0 Å². The van der Waals surface area contributed by atoms with Crippen LogP contribution in [0, 0.1) is 11.3 Å². The van der Waals surface area contributed by atoms with E-state index in [1.165, 1.54) is 5.56 Å². The Morgan fingerprint density at radius 2 is 1.85 bits per heavy atom. The fraction of sp³-hybridized carbons (Fsp3) is 0.312. The third-order valence-corrected chi connectivity index (χ3v) is 3.14. The maximum atomic E-state index is 8.66. The van der Waals surface area contributed by atoms with Gasteiger partial charge in [0.2, 0.25) is 0 Å². The van der Waals surface area contributed by atoms with Gasteiger partial charge in [-0.25, -0.2) is 0 Å². The van der Waals surface area contributed by atoms with Crippen LogP contribution in [0.2, 0.25) is 0 Å². The number of nitrogens with zero attached hydrogens (tertiary/aromatic N) is 4. The fourth-order valence-electron chi connectivity index (χ4n) is 2.00. The van der Waals surface area contributed by atoms with Crippen molar-refractivity contribution in [1.82, 2.24) is 10.2 Å². The molecule has 2 aromatic rings. The highest BCUT2D eigenvalue weighted by Gasteiger charge is 2.04. The Labute approximate surface area is 119 Å². The maximum absolute atomic E-state index is 8.66. The first-order valence-electron chi connectivity index (χ1n) is 6.75. The number of anilines is 1. The molecule has 0 saturated carbocycles. The second-order valence-corrected chi connectivity index (χ2v) is 4.74. The monoisotopic (exact) mass is 266 g/mol. The second kappa shape index (κ2) is 6.67. The molecule has 0 saturated heterocycles. The summed E-state index contributed by atoms with van der Waals surface area (Å²) in [5.41, 5.74) is 3.25. The number of rotatable bonds is 5. The topological polar surface area (TPSA) is 52.8 Å². The number of aryl methyl sites for hydroxylation is 1. The van der Waals surface area contributed by atoms with E-state index in [0.717, 1.165) is 24.1 Å². The van der Waals surface area contributed by atoms with Crippen LogP contribution in [-0.4, -0.2) is 23.8 Å². The van der Waals surface area contributed by atoms with Gasteiger partial charge in [-0.2, -0.15) is 5.26 Å². The minimum atomic E-state index is 0.305. The van der Waals surface area contributed by atoms with Crippen LogP contribution in [0.4, 0.5) is 5.82 Å². The number of hydrogen-bond donors (Lipinski definition) is 0. The first-order chi connectivity index (χ1) is 9.74. The lowest BCUT2D eigenvalue weighted by atomic mass is 10.1. The SMILES string of the molecule is CCCc1ccc(-c2ccc(N(C)CC#N)nn2)cc1. The van der Waals surface area contributed by atoms with Gasteiger partial charge < -0.3 is 4.90 Å². The normalized spacial score (nSPS) is 10.1. The molecule has 0 atom stereocenters. The highest BCUT2D eigenvalue weighted by molar-refractivity contribution is 5.60. The van der Waals surface area contributed by atoms with Crippen LogP contribution in [0.25, 0.3) is 11.3 Å². The van der Waals surface area contributed by atoms with Gasteiger partial charge in [0.25, 0.3) is 0 Å². The Morgan fingerprint density at radius 3 is 2.40 bits per heavy atom. The number of nitriles is 1. The van der Waals surface area contributed by atoms with Crippen LogP contribution in [0.5, 0.6) is 0 Å². The second-order valence-electron chi connectivity index (χ2n) is 4.74. The van der Waals surface area contributed by atoms with Crippen molar-refractivity contribution in [3.63, 3.8) is 0 Å². The molecule has 0 fully saturated rings. The fourth-order valence-corrected chi connectivity index (χ4v) is 2.00. The van der Waals surface area contributed by atoms with Crippen molar-refractivity contribution in [2.45, 2.75) is 19.8 Å². The lowest BCUT2D eigenvalue weighted by molar-refractivity contribution is 0.921. The molecule has 4 nitrogen and oxygen atoms in total. The van der Waals surface area contributed by atoms with Crippen molar-refractivity contribution in [3.8, 4) is 17.3 Å². The molecule has 0 aliphatic carbocycles. The zero-order chi connectivity index (χ0) is 14.4. The molecule has 0 unspecified atom stereocenters. The number of benzene rings is 1. The molecule has 20 heavy (non-hydrogen) atoms. The molecule has 1 aromatic heterocycles. The number of aromatic nitrogens is 2. The Morgan fingerprint density at radius 1 is 1.10 bits per heavy atom. The Kier molecular flexibility index (Phi) is 4.67. The molecule has 0 bridgehead atoms. The van der Waals surface area contributed by atoms with E-state index in [0.29, 0.717) is 12.4 Å².